The molecule has 8 heteroatoms. The van der Waals surface area contributed by atoms with Crippen LogP contribution >= 0.6 is 16.3 Å². The monoisotopic (exact) mass is 712 g/mol. The maximum Gasteiger partial charge on any atom is 0.229 e. The van der Waals surface area contributed by atoms with Crippen molar-refractivity contribution in [3.05, 3.63) is 188 Å². The number of rotatable bonds is 11. The molecular formula is C43H38O6P2. The molecule has 6 aromatic rings. The van der Waals surface area contributed by atoms with E-state index in [0.717, 1.165) is 26.8 Å². The van der Waals surface area contributed by atoms with E-state index in [1.165, 1.54) is 0 Å². The highest BCUT2D eigenvalue weighted by molar-refractivity contribution is 7.69. The Hall–Kier alpha value is -4.22. The molecule has 0 amide bonds. The van der Waals surface area contributed by atoms with E-state index in [9.17, 15) is 0 Å². The second kappa shape index (κ2) is 16.4. The van der Waals surface area contributed by atoms with Gasteiger partial charge in [-0.3, -0.25) is 0 Å². The lowest BCUT2D eigenvalue weighted by Crippen LogP contribution is -2.64. The van der Waals surface area contributed by atoms with Crippen LogP contribution in [-0.4, -0.2) is 37.3 Å². The van der Waals surface area contributed by atoms with E-state index in [0.29, 0.717) is 12.4 Å². The van der Waals surface area contributed by atoms with Crippen LogP contribution in [0.25, 0.3) is 0 Å². The van der Waals surface area contributed by atoms with Crippen molar-refractivity contribution in [1.82, 2.24) is 0 Å². The molecule has 0 radical (unpaired) electrons. The highest BCUT2D eigenvalue weighted by Crippen LogP contribution is 2.48. The summed E-state index contributed by atoms with van der Waals surface area (Å²) in [5.74, 6) is 0.672. The van der Waals surface area contributed by atoms with Crippen molar-refractivity contribution >= 4 is 37.5 Å². The predicted molar refractivity (Wildman–Crippen MR) is 204 cm³/mol. The molecule has 256 valence electrons. The van der Waals surface area contributed by atoms with Crippen molar-refractivity contribution in [2.45, 2.75) is 37.0 Å². The van der Waals surface area contributed by atoms with Gasteiger partial charge in [0.2, 0.25) is 6.29 Å². The zero-order valence-electron chi connectivity index (χ0n) is 27.8. The molecule has 2 aliphatic heterocycles. The zero-order valence-corrected chi connectivity index (χ0v) is 29.6. The molecule has 2 fully saturated rings. The summed E-state index contributed by atoms with van der Waals surface area (Å²) >= 11 is 0. The van der Waals surface area contributed by atoms with Gasteiger partial charge < -0.3 is 28.0 Å². The quantitative estimate of drug-likeness (QED) is 0.128. The maximum atomic E-state index is 7.48. The van der Waals surface area contributed by atoms with Crippen LogP contribution in [0, 0.1) is 0 Å². The summed E-state index contributed by atoms with van der Waals surface area (Å²) in [6.07, 6.45) is -3.77. The van der Waals surface area contributed by atoms with Crippen LogP contribution in [0.2, 0.25) is 0 Å². The van der Waals surface area contributed by atoms with Gasteiger partial charge in [-0.1, -0.05) is 170 Å². The number of ether oxygens (including phenoxy) is 4. The third-order valence-electron chi connectivity index (χ3n) is 8.77. The predicted octanol–water partition coefficient (Wildman–Crippen LogP) is 7.77. The van der Waals surface area contributed by atoms with E-state index in [1.54, 1.807) is 0 Å². The maximum absolute atomic E-state index is 7.48. The summed E-state index contributed by atoms with van der Waals surface area (Å²) in [7, 11) is -2.65. The minimum Gasteiger partial charge on any atom is -0.462 e. The molecule has 0 bridgehead atoms. The first-order chi connectivity index (χ1) is 25.3. The van der Waals surface area contributed by atoms with Gasteiger partial charge in [0.25, 0.3) is 0 Å². The van der Waals surface area contributed by atoms with Crippen LogP contribution in [0.4, 0.5) is 0 Å². The Morgan fingerprint density at radius 2 is 0.863 bits per heavy atom. The Morgan fingerprint density at radius 1 is 0.451 bits per heavy atom. The number of para-hydroxylation sites is 1. The molecule has 2 heterocycles. The minimum absolute atomic E-state index is 0.298. The Morgan fingerprint density at radius 3 is 1.33 bits per heavy atom. The SMILES string of the molecule is c1ccc(O[C@@H]2O[C@@H]3CO[C@H](c4ccccc4)O[C@H]3[C@H](OP(c3ccccc3)c3ccccc3)[C@H]2OP(c2ccccc2)c2ccccc2)cc1. The normalized spacial score (nSPS) is 23.1. The van der Waals surface area contributed by atoms with Gasteiger partial charge in [-0.25, -0.2) is 0 Å². The number of hydrogen-bond donors (Lipinski definition) is 0. The van der Waals surface area contributed by atoms with Gasteiger partial charge in [-0.15, -0.1) is 0 Å². The largest absolute Gasteiger partial charge is 0.462 e. The standard InChI is InChI=1S/C43H38O6P2/c1-7-19-32(20-8-1)42-44-31-38-39(47-42)40(48-50(34-23-11-3-12-24-34)35-25-13-4-14-26-35)41(43(46-38)45-33-21-9-2-10-22-33)49-51(36-27-15-5-16-28-36)37-29-17-6-18-30-37/h1-30,38-43H,31H2/t38-,39-,40+,41-,42+,43-/m1/s1. The smallest absolute Gasteiger partial charge is 0.229 e. The van der Waals surface area contributed by atoms with E-state index >= 15 is 0 Å². The average Bonchev–Trinajstić information content (AvgIpc) is 3.21. The van der Waals surface area contributed by atoms with Crippen molar-refractivity contribution in [2.24, 2.45) is 0 Å². The fourth-order valence-electron chi connectivity index (χ4n) is 6.33. The van der Waals surface area contributed by atoms with Gasteiger partial charge in [0, 0.05) is 26.8 Å². The summed E-state index contributed by atoms with van der Waals surface area (Å²) in [5.41, 5.74) is 0.930. The average molecular weight is 713 g/mol. The number of benzene rings is 6. The Balaban J connectivity index is 1.25. The summed E-state index contributed by atoms with van der Waals surface area (Å²) in [6, 6.07) is 61.2. The minimum atomic E-state index is -1.33. The highest BCUT2D eigenvalue weighted by Gasteiger charge is 2.54. The summed E-state index contributed by atoms with van der Waals surface area (Å²) in [4.78, 5) is 0. The van der Waals surface area contributed by atoms with Crippen LogP contribution < -0.4 is 26.0 Å². The molecule has 51 heavy (non-hydrogen) atoms. The Bertz CT molecular complexity index is 1840. The second-order valence-electron chi connectivity index (χ2n) is 12.2. The molecule has 0 aliphatic carbocycles. The second-order valence-corrected chi connectivity index (χ2v) is 15.9. The lowest BCUT2D eigenvalue weighted by Gasteiger charge is -2.50. The number of hydrogen-bond acceptors (Lipinski definition) is 6. The van der Waals surface area contributed by atoms with Crippen LogP contribution in [0.15, 0.2) is 182 Å². The molecule has 2 saturated heterocycles. The van der Waals surface area contributed by atoms with Crippen LogP contribution in [-0.2, 0) is 23.3 Å². The fourth-order valence-corrected chi connectivity index (χ4v) is 10.1. The zero-order chi connectivity index (χ0) is 34.2. The molecular weight excluding hydrogens is 674 g/mol. The van der Waals surface area contributed by atoms with E-state index in [-0.39, 0.29) is 0 Å². The van der Waals surface area contributed by atoms with E-state index in [2.05, 4.69) is 72.8 Å². The molecule has 0 N–H and O–H groups in total. The molecule has 0 saturated carbocycles. The highest BCUT2D eigenvalue weighted by atomic mass is 31.1. The van der Waals surface area contributed by atoms with Gasteiger partial charge in [0.15, 0.2) is 12.4 Å². The Kier molecular flexibility index (Phi) is 10.9. The van der Waals surface area contributed by atoms with Crippen molar-refractivity contribution in [2.75, 3.05) is 6.61 Å². The molecule has 6 atom stereocenters. The third-order valence-corrected chi connectivity index (χ3v) is 12.7. The van der Waals surface area contributed by atoms with E-state index in [4.69, 9.17) is 28.0 Å². The number of fused-ring (bicyclic) bond motifs is 1. The van der Waals surface area contributed by atoms with E-state index < -0.39 is 53.3 Å². The summed E-state index contributed by atoms with van der Waals surface area (Å²) in [5, 5.41) is 4.31. The molecule has 6 nitrogen and oxygen atoms in total. The van der Waals surface area contributed by atoms with Crippen molar-refractivity contribution < 1.29 is 28.0 Å². The summed E-state index contributed by atoms with van der Waals surface area (Å²) < 4.78 is 41.6. The molecule has 0 aromatic heterocycles. The van der Waals surface area contributed by atoms with Gasteiger partial charge in [0.05, 0.1) is 22.9 Å². The van der Waals surface area contributed by atoms with Crippen molar-refractivity contribution in [3.63, 3.8) is 0 Å². The summed E-state index contributed by atoms with van der Waals surface area (Å²) in [6.45, 7) is 0.298. The molecule has 0 unspecified atom stereocenters. The van der Waals surface area contributed by atoms with Gasteiger partial charge in [-0.2, -0.15) is 0 Å². The van der Waals surface area contributed by atoms with Gasteiger partial charge in [-0.05, 0) is 12.1 Å². The lowest BCUT2D eigenvalue weighted by molar-refractivity contribution is -0.342. The first-order valence-electron chi connectivity index (χ1n) is 17.1. The van der Waals surface area contributed by atoms with Gasteiger partial charge in [0.1, 0.15) is 24.1 Å². The van der Waals surface area contributed by atoms with Crippen molar-refractivity contribution in [3.8, 4) is 5.75 Å². The first-order valence-corrected chi connectivity index (χ1v) is 19.7. The molecule has 6 aromatic carbocycles. The van der Waals surface area contributed by atoms with Gasteiger partial charge >= 0.3 is 0 Å². The van der Waals surface area contributed by atoms with Crippen molar-refractivity contribution in [1.29, 1.82) is 0 Å². The molecule has 8 rings (SSSR count). The Labute approximate surface area is 301 Å². The third kappa shape index (κ3) is 7.99. The fraction of sp³-hybridized carbons (Fsp3) is 0.163. The van der Waals surface area contributed by atoms with Crippen LogP contribution in [0.3, 0.4) is 0 Å². The van der Waals surface area contributed by atoms with E-state index in [1.807, 2.05) is 109 Å². The lowest BCUT2D eigenvalue weighted by atomic mass is 9.98. The van der Waals surface area contributed by atoms with Crippen LogP contribution in [0.5, 0.6) is 5.75 Å². The van der Waals surface area contributed by atoms with Crippen LogP contribution in [0.1, 0.15) is 11.9 Å². The molecule has 0 spiro atoms. The topological polar surface area (TPSA) is 55.4 Å². The molecule has 2 aliphatic rings. The first kappa shape index (κ1) is 33.9.